The normalized spacial score (nSPS) is 12.8. The average Bonchev–Trinajstić information content (AvgIpc) is 2.51. The molecule has 0 radical (unpaired) electrons. The number of hydrogen-bond donors (Lipinski definition) is 2. The fraction of sp³-hybridized carbons (Fsp3) is 0.850. The number of hydrogen-bond acceptors (Lipinski definition) is 5. The Morgan fingerprint density at radius 1 is 1.04 bits per heavy atom. The van der Waals surface area contributed by atoms with Gasteiger partial charge in [-0.05, 0) is 33.4 Å². The highest BCUT2D eigenvalue weighted by Gasteiger charge is 2.17. The molecule has 1 amide bonds. The van der Waals surface area contributed by atoms with Gasteiger partial charge in [-0.3, -0.25) is 14.5 Å². The van der Waals surface area contributed by atoms with Crippen LogP contribution in [0.5, 0.6) is 0 Å². The average molecular weight is 406 g/mol. The number of unbranched alkanes of at least 4 members (excludes halogenated alkanes) is 1. The molecule has 28 heavy (non-hydrogen) atoms. The van der Waals surface area contributed by atoms with Crippen LogP contribution in [0.3, 0.4) is 0 Å². The van der Waals surface area contributed by atoms with Gasteiger partial charge in [0, 0.05) is 5.92 Å². The number of carboxylic acids is 2. The van der Waals surface area contributed by atoms with Crippen molar-refractivity contribution in [2.24, 2.45) is 11.7 Å². The molecule has 0 aromatic rings. The summed E-state index contributed by atoms with van der Waals surface area (Å²) < 4.78 is 0.419. The summed E-state index contributed by atoms with van der Waals surface area (Å²) in [6.45, 7) is 6.18. The number of carbonyl (C=O) groups excluding carboxylic acids is 2. The van der Waals surface area contributed by atoms with Crippen LogP contribution in [0.1, 0.15) is 59.3 Å². The number of nitrogens with two attached hydrogens (primary N) is 1. The molecule has 0 aliphatic rings. The van der Waals surface area contributed by atoms with Gasteiger partial charge in [-0.25, -0.2) is 0 Å². The van der Waals surface area contributed by atoms with Crippen molar-refractivity contribution in [3.63, 3.8) is 0 Å². The van der Waals surface area contributed by atoms with E-state index in [1.54, 1.807) is 40.1 Å². The van der Waals surface area contributed by atoms with Gasteiger partial charge in [0.15, 0.2) is 0 Å². The van der Waals surface area contributed by atoms with Gasteiger partial charge in [-0.15, -0.1) is 0 Å². The van der Waals surface area contributed by atoms with Crippen LogP contribution >= 0.6 is 0 Å². The number of aliphatic carboxylic acids is 2. The second kappa shape index (κ2) is 17.4. The van der Waals surface area contributed by atoms with Crippen molar-refractivity contribution in [2.75, 3.05) is 41.8 Å². The molecule has 0 rings (SSSR count). The number of likely N-dealkylation sites (N-methyl/N-ethyl adjacent to an activating group) is 2. The third-order valence-electron chi connectivity index (χ3n) is 3.88. The van der Waals surface area contributed by atoms with Crippen LogP contribution in [-0.2, 0) is 14.4 Å². The maximum atomic E-state index is 10.7. The van der Waals surface area contributed by atoms with Gasteiger partial charge in [0.1, 0.15) is 12.6 Å². The number of nitrogens with zero attached hydrogens (tertiary/aromatic N) is 2. The summed E-state index contributed by atoms with van der Waals surface area (Å²) in [5.74, 6) is -1.76. The zero-order valence-corrected chi connectivity index (χ0v) is 19.2. The molecule has 0 fully saturated rings. The SMILES string of the molecule is CCCC(C(=O)O)N(C)C.CCCCC(CC)C(N)=O.C[N+](C)(C)CC(=O)[O-]. The van der Waals surface area contributed by atoms with Crippen molar-refractivity contribution < 1.29 is 29.1 Å². The highest BCUT2D eigenvalue weighted by molar-refractivity contribution is 5.76. The molecule has 0 aromatic heterocycles. The molecule has 8 nitrogen and oxygen atoms in total. The Bertz CT molecular complexity index is 434. The maximum Gasteiger partial charge on any atom is 0.320 e. The monoisotopic (exact) mass is 405 g/mol. The van der Waals surface area contributed by atoms with Crippen LogP contribution in [0, 0.1) is 5.92 Å². The molecule has 0 saturated heterocycles. The zero-order chi connectivity index (χ0) is 22.9. The Hall–Kier alpha value is -1.67. The predicted molar refractivity (Wildman–Crippen MR) is 110 cm³/mol. The fourth-order valence-corrected chi connectivity index (χ4v) is 2.26. The molecule has 0 saturated carbocycles. The summed E-state index contributed by atoms with van der Waals surface area (Å²) in [7, 11) is 8.98. The Balaban J connectivity index is -0.000000337. The fourth-order valence-electron chi connectivity index (χ4n) is 2.26. The van der Waals surface area contributed by atoms with Crippen LogP contribution in [0.2, 0.25) is 0 Å². The molecule has 0 aliphatic carbocycles. The minimum atomic E-state index is -1.00. The number of rotatable bonds is 11. The van der Waals surface area contributed by atoms with E-state index in [2.05, 4.69) is 6.92 Å². The Labute approximate surface area is 171 Å². The van der Waals surface area contributed by atoms with Gasteiger partial charge in [0.05, 0.1) is 27.1 Å². The zero-order valence-electron chi connectivity index (χ0n) is 19.2. The molecule has 2 unspecified atom stereocenters. The second-order valence-corrected chi connectivity index (χ2v) is 8.08. The number of quaternary nitrogens is 1. The molecule has 0 aliphatic heterocycles. The van der Waals surface area contributed by atoms with Crippen LogP contribution in [-0.4, -0.2) is 80.2 Å². The molecule has 0 aromatic carbocycles. The van der Waals surface area contributed by atoms with Crippen molar-refractivity contribution in [2.45, 2.75) is 65.3 Å². The first-order valence-corrected chi connectivity index (χ1v) is 9.92. The molecule has 0 heterocycles. The van der Waals surface area contributed by atoms with Crippen molar-refractivity contribution >= 4 is 17.8 Å². The number of amides is 1. The van der Waals surface area contributed by atoms with Crippen LogP contribution in [0.15, 0.2) is 0 Å². The van der Waals surface area contributed by atoms with E-state index in [1.165, 1.54) is 0 Å². The summed E-state index contributed by atoms with van der Waals surface area (Å²) in [5, 5.41) is 18.5. The second-order valence-electron chi connectivity index (χ2n) is 8.08. The molecule has 8 heteroatoms. The molecular formula is C20H43N3O5. The number of primary amides is 1. The summed E-state index contributed by atoms with van der Waals surface area (Å²) >= 11 is 0. The Morgan fingerprint density at radius 2 is 1.54 bits per heavy atom. The lowest BCUT2D eigenvalue weighted by Gasteiger charge is -2.23. The summed E-state index contributed by atoms with van der Waals surface area (Å²) in [5.41, 5.74) is 5.15. The standard InChI is InChI=1S/C8H17NO.C7H15NO2.C5H11NO2/c1-3-5-6-7(4-2)8(9)10;1-4-5-6(7(9)10)8(2)3;1-6(2,3)4-5(7)8/h7H,3-6H2,1-2H3,(H2,9,10);6H,4-5H2,1-3H3,(H,9,10);4H2,1-3H3. The lowest BCUT2D eigenvalue weighted by molar-refractivity contribution is -0.864. The quantitative estimate of drug-likeness (QED) is 0.493. The van der Waals surface area contributed by atoms with Gasteiger partial charge >= 0.3 is 5.97 Å². The minimum Gasteiger partial charge on any atom is -0.544 e. The van der Waals surface area contributed by atoms with Crippen LogP contribution in [0.25, 0.3) is 0 Å². The van der Waals surface area contributed by atoms with Crippen molar-refractivity contribution in [1.29, 1.82) is 0 Å². The van der Waals surface area contributed by atoms with Gasteiger partial charge < -0.3 is 25.2 Å². The smallest absolute Gasteiger partial charge is 0.320 e. The van der Waals surface area contributed by atoms with Crippen LogP contribution in [0.4, 0.5) is 0 Å². The van der Waals surface area contributed by atoms with Crippen molar-refractivity contribution in [3.8, 4) is 0 Å². The first-order chi connectivity index (χ1) is 12.7. The van der Waals surface area contributed by atoms with E-state index in [0.717, 1.165) is 38.5 Å². The molecule has 2 atom stereocenters. The van der Waals surface area contributed by atoms with Crippen LogP contribution < -0.4 is 10.8 Å². The van der Waals surface area contributed by atoms with Gasteiger partial charge in [-0.1, -0.05) is 40.0 Å². The molecule has 168 valence electrons. The third-order valence-corrected chi connectivity index (χ3v) is 3.88. The highest BCUT2D eigenvalue weighted by atomic mass is 16.4. The minimum absolute atomic E-state index is 0.0694. The topological polar surface area (TPSA) is 124 Å². The number of carboxylic acid groups (broad SMARTS) is 2. The Morgan fingerprint density at radius 3 is 1.68 bits per heavy atom. The van der Waals surface area contributed by atoms with E-state index >= 15 is 0 Å². The van der Waals surface area contributed by atoms with E-state index in [4.69, 9.17) is 10.8 Å². The molecule has 3 N–H and O–H groups in total. The summed E-state index contributed by atoms with van der Waals surface area (Å²) in [6, 6.07) is -0.315. The van der Waals surface area contributed by atoms with E-state index in [1.807, 2.05) is 13.8 Å². The van der Waals surface area contributed by atoms with Crippen molar-refractivity contribution in [1.82, 2.24) is 4.90 Å². The first kappa shape index (κ1) is 31.0. The molecule has 0 spiro atoms. The lowest BCUT2D eigenvalue weighted by atomic mass is 9.99. The lowest BCUT2D eigenvalue weighted by Crippen LogP contribution is -2.45. The molecular weight excluding hydrogens is 362 g/mol. The predicted octanol–water partition coefficient (Wildman–Crippen LogP) is 0.932. The van der Waals surface area contributed by atoms with E-state index in [-0.39, 0.29) is 24.4 Å². The van der Waals surface area contributed by atoms with Gasteiger partial charge in [-0.2, -0.15) is 0 Å². The van der Waals surface area contributed by atoms with E-state index < -0.39 is 11.9 Å². The van der Waals surface area contributed by atoms with E-state index in [9.17, 15) is 19.5 Å². The summed E-state index contributed by atoms with van der Waals surface area (Å²) in [4.78, 5) is 32.8. The first-order valence-electron chi connectivity index (χ1n) is 9.92. The van der Waals surface area contributed by atoms with E-state index in [0.29, 0.717) is 4.48 Å². The van der Waals surface area contributed by atoms with Crippen molar-refractivity contribution in [3.05, 3.63) is 0 Å². The highest BCUT2D eigenvalue weighted by Crippen LogP contribution is 2.10. The third kappa shape index (κ3) is 22.4. The number of carbonyl (C=O) groups is 3. The Kier molecular flexibility index (Phi) is 19.3. The maximum absolute atomic E-state index is 10.7. The molecule has 0 bridgehead atoms. The summed E-state index contributed by atoms with van der Waals surface area (Å²) in [6.07, 6.45) is 5.74. The van der Waals surface area contributed by atoms with Gasteiger partial charge in [0.2, 0.25) is 5.91 Å². The van der Waals surface area contributed by atoms with Gasteiger partial charge in [0.25, 0.3) is 0 Å². The largest absolute Gasteiger partial charge is 0.544 e.